The van der Waals surface area contributed by atoms with Crippen molar-refractivity contribution >= 4 is 69.8 Å². The van der Waals surface area contributed by atoms with Gasteiger partial charge in [-0.15, -0.1) is 22.9 Å². The van der Waals surface area contributed by atoms with Crippen molar-refractivity contribution in [3.05, 3.63) is 72.3 Å². The third-order valence-electron chi connectivity index (χ3n) is 5.84. The number of phenolic OH excluding ortho intramolecular Hbond substituents is 1. The minimum absolute atomic E-state index is 0.0290. The summed E-state index contributed by atoms with van der Waals surface area (Å²) in [6.07, 6.45) is 0. The number of hydrogen-bond donors (Lipinski definition) is 3. The van der Waals surface area contributed by atoms with Gasteiger partial charge in [-0.05, 0) is 60.8 Å². The highest BCUT2D eigenvalue weighted by molar-refractivity contribution is 7.91. The molecule has 4 aromatic rings. The van der Waals surface area contributed by atoms with E-state index in [1.165, 1.54) is 43.5 Å². The molecule has 232 valence electrons. The number of fused-ring (bicyclic) bond motifs is 1. The van der Waals surface area contributed by atoms with Crippen molar-refractivity contribution in [2.24, 2.45) is 20.5 Å². The molecule has 15 nitrogen and oxygen atoms in total. The van der Waals surface area contributed by atoms with Crippen LogP contribution in [0.3, 0.4) is 0 Å². The third kappa shape index (κ3) is 8.71. The van der Waals surface area contributed by atoms with Gasteiger partial charge >= 0.3 is 10.6 Å². The average molecular weight is 664 g/mol. The zero-order valence-corrected chi connectivity index (χ0v) is 25.5. The first kappa shape index (κ1) is 33.9. The molecule has 0 radical (unpaired) electrons. The number of nitrogens with zero attached hydrogens (tertiary/aromatic N) is 4. The van der Waals surface area contributed by atoms with Crippen LogP contribution in [-0.4, -0.2) is 58.6 Å². The summed E-state index contributed by atoms with van der Waals surface area (Å²) in [6, 6.07) is 16.6. The molecule has 0 heterocycles. The number of azo groups is 2. The van der Waals surface area contributed by atoms with E-state index in [0.717, 1.165) is 11.6 Å². The van der Waals surface area contributed by atoms with Crippen LogP contribution in [0.4, 0.5) is 28.4 Å². The van der Waals surface area contributed by atoms with Gasteiger partial charge in [-0.25, -0.2) is 8.42 Å². The summed E-state index contributed by atoms with van der Waals surface area (Å²) < 4.78 is 89.0. The largest absolute Gasteiger partial charge is 0.505 e. The highest BCUT2D eigenvalue weighted by Gasteiger charge is 2.23. The van der Waals surface area contributed by atoms with Gasteiger partial charge in [-0.3, -0.25) is 4.55 Å². The van der Waals surface area contributed by atoms with E-state index in [9.17, 15) is 26.5 Å². The first-order chi connectivity index (χ1) is 20.6. The van der Waals surface area contributed by atoms with Gasteiger partial charge in [-0.1, -0.05) is 23.8 Å². The number of ether oxygens (including phenoxy) is 1. The second-order valence-corrected chi connectivity index (χ2v) is 12.8. The Labute approximate surface area is 253 Å². The molecule has 44 heavy (non-hydrogen) atoms. The van der Waals surface area contributed by atoms with Crippen molar-refractivity contribution in [2.75, 3.05) is 25.2 Å². The molecule has 0 aliphatic rings. The van der Waals surface area contributed by atoms with Gasteiger partial charge < -0.3 is 15.6 Å². The van der Waals surface area contributed by atoms with E-state index in [-0.39, 0.29) is 50.8 Å². The van der Waals surface area contributed by atoms with Gasteiger partial charge in [0.2, 0.25) is 0 Å². The summed E-state index contributed by atoms with van der Waals surface area (Å²) in [4.78, 5) is -0.585. The Morgan fingerprint density at radius 1 is 0.841 bits per heavy atom. The van der Waals surface area contributed by atoms with Gasteiger partial charge in [0, 0.05) is 7.11 Å². The molecule has 18 heteroatoms. The maximum atomic E-state index is 12.3. The molecular formula is C26H25N5O10S3. The minimum Gasteiger partial charge on any atom is -0.505 e. The second kappa shape index (κ2) is 14.2. The highest BCUT2D eigenvalue weighted by Crippen LogP contribution is 2.45. The molecule has 0 unspecified atom stereocenters. The van der Waals surface area contributed by atoms with Crippen LogP contribution in [0.15, 0.2) is 97.0 Å². The zero-order chi connectivity index (χ0) is 32.7. The monoisotopic (exact) mass is 663 g/mol. The molecule has 0 aromatic heterocycles. The smallest absolute Gasteiger partial charge is 0.425 e. The van der Waals surface area contributed by atoms with Crippen LogP contribution in [0.2, 0.25) is 0 Å². The number of rotatable bonds is 9. The Morgan fingerprint density at radius 3 is 1.93 bits per heavy atom. The van der Waals surface area contributed by atoms with E-state index >= 15 is 0 Å². The number of nitrogen functional groups attached to an aromatic ring is 1. The van der Waals surface area contributed by atoms with Crippen LogP contribution in [0.1, 0.15) is 5.56 Å². The number of hydrogen-bond acceptors (Lipinski definition) is 14. The first-order valence-electron chi connectivity index (χ1n) is 12.2. The van der Waals surface area contributed by atoms with E-state index in [4.69, 9.17) is 23.1 Å². The molecule has 0 amide bonds. The van der Waals surface area contributed by atoms with Crippen LogP contribution < -0.4 is 5.73 Å². The standard InChI is InChI=1S/C26H25N5O7S2.O3S/c1-16-3-6-18(7-4-16)28-30-21-12-5-17-15-22(40(35,36)37)25(24(27)23(17)26(21)32)31-29-19-8-10-20(11-9-19)39(33,34)14-13-38-2;1-4(2)3/h3-12,15,32H,13-14,27H2,1-2H3,(H,35,36,37);. The topological polar surface area (TPSA) is 245 Å². The van der Waals surface area contributed by atoms with Crippen molar-refractivity contribution in [1.82, 2.24) is 0 Å². The third-order valence-corrected chi connectivity index (χ3v) is 8.40. The quantitative estimate of drug-likeness (QED) is 0.123. The van der Waals surface area contributed by atoms with E-state index < -0.39 is 41.1 Å². The fourth-order valence-electron chi connectivity index (χ4n) is 3.70. The molecular weight excluding hydrogens is 639 g/mol. The Morgan fingerprint density at radius 2 is 1.39 bits per heavy atom. The summed E-state index contributed by atoms with van der Waals surface area (Å²) in [5, 5.41) is 27.2. The molecule has 4 rings (SSSR count). The van der Waals surface area contributed by atoms with Gasteiger partial charge in [-0.2, -0.15) is 18.6 Å². The molecule has 0 aliphatic heterocycles. The van der Waals surface area contributed by atoms with E-state index in [1.54, 1.807) is 12.1 Å². The predicted octanol–water partition coefficient (Wildman–Crippen LogP) is 4.93. The molecule has 0 atom stereocenters. The number of phenols is 1. The summed E-state index contributed by atoms with van der Waals surface area (Å²) in [5.41, 5.74) is 7.38. The highest BCUT2D eigenvalue weighted by atomic mass is 32.2. The summed E-state index contributed by atoms with van der Waals surface area (Å²) in [6.45, 7) is 1.96. The van der Waals surface area contributed by atoms with Crippen LogP contribution >= 0.6 is 0 Å². The Balaban J connectivity index is 0.00000124. The molecule has 0 saturated carbocycles. The van der Waals surface area contributed by atoms with Crippen LogP contribution in [0.25, 0.3) is 10.8 Å². The van der Waals surface area contributed by atoms with Crippen LogP contribution in [0, 0.1) is 6.92 Å². The molecule has 0 bridgehead atoms. The van der Waals surface area contributed by atoms with Gasteiger partial charge in [0.1, 0.15) is 16.3 Å². The molecule has 4 N–H and O–H groups in total. The normalized spacial score (nSPS) is 12.0. The lowest BCUT2D eigenvalue weighted by molar-refractivity contribution is 0.217. The summed E-state index contributed by atoms with van der Waals surface area (Å²) in [7, 11) is -10.1. The number of aryl methyl sites for hydroxylation is 1. The van der Waals surface area contributed by atoms with E-state index in [2.05, 4.69) is 20.5 Å². The SMILES string of the molecule is COCCS(=O)(=O)c1ccc(N=Nc2c(S(=O)(=O)O)cc3ccc(N=Nc4ccc(C)cc4)c(O)c3c2N)cc1.O=S(=O)=O. The number of benzene rings is 4. The number of aromatic hydroxyl groups is 1. The maximum Gasteiger partial charge on any atom is 0.425 e. The fourth-order valence-corrected chi connectivity index (χ4v) is 5.55. The molecule has 0 aliphatic carbocycles. The zero-order valence-electron chi connectivity index (χ0n) is 23.0. The summed E-state index contributed by atoms with van der Waals surface area (Å²) >= 11 is 0. The number of nitrogens with two attached hydrogens (primary N) is 1. The lowest BCUT2D eigenvalue weighted by Crippen LogP contribution is -2.11. The number of methoxy groups -OCH3 is 1. The summed E-state index contributed by atoms with van der Waals surface area (Å²) in [5.74, 6) is -0.582. The van der Waals surface area contributed by atoms with Crippen molar-refractivity contribution in [3.63, 3.8) is 0 Å². The molecule has 0 fully saturated rings. The van der Waals surface area contributed by atoms with Crippen molar-refractivity contribution in [2.45, 2.75) is 16.7 Å². The predicted molar refractivity (Wildman–Crippen MR) is 159 cm³/mol. The van der Waals surface area contributed by atoms with Crippen LogP contribution in [-0.2, 0) is 35.3 Å². The van der Waals surface area contributed by atoms with Crippen molar-refractivity contribution in [3.8, 4) is 5.75 Å². The van der Waals surface area contributed by atoms with Gasteiger partial charge in [0.05, 0.1) is 39.7 Å². The molecule has 0 saturated heterocycles. The Bertz CT molecular complexity index is 2060. The van der Waals surface area contributed by atoms with Crippen LogP contribution in [0.5, 0.6) is 5.75 Å². The van der Waals surface area contributed by atoms with E-state index in [0.29, 0.717) is 5.69 Å². The van der Waals surface area contributed by atoms with E-state index in [1.807, 2.05) is 19.1 Å². The Hall–Kier alpha value is -4.62. The van der Waals surface area contributed by atoms with Gasteiger partial charge in [0.25, 0.3) is 10.1 Å². The molecule has 4 aromatic carbocycles. The Kier molecular flexibility index (Phi) is 11.0. The average Bonchev–Trinajstić information content (AvgIpc) is 2.95. The first-order valence-corrected chi connectivity index (χ1v) is 16.3. The minimum atomic E-state index is -4.81. The number of sulfone groups is 1. The van der Waals surface area contributed by atoms with Crippen molar-refractivity contribution < 1.29 is 43.9 Å². The maximum absolute atomic E-state index is 12.3. The lowest BCUT2D eigenvalue weighted by Gasteiger charge is -2.12. The van der Waals surface area contributed by atoms with Gasteiger partial charge in [0.15, 0.2) is 15.6 Å². The lowest BCUT2D eigenvalue weighted by atomic mass is 10.1. The van der Waals surface area contributed by atoms with Crippen molar-refractivity contribution in [1.29, 1.82) is 0 Å². The fraction of sp³-hybridized carbons (Fsp3) is 0.154. The molecule has 0 spiro atoms. The number of anilines is 1. The second-order valence-electron chi connectivity index (χ2n) is 8.89.